The lowest BCUT2D eigenvalue weighted by molar-refractivity contribution is 0.387. The number of hydrogen-bond acceptors (Lipinski definition) is 2. The molecule has 0 atom stereocenters. The van der Waals surface area contributed by atoms with Crippen molar-refractivity contribution in [1.82, 2.24) is 9.55 Å². The van der Waals surface area contributed by atoms with Crippen LogP contribution in [0.3, 0.4) is 0 Å². The summed E-state index contributed by atoms with van der Waals surface area (Å²) in [7, 11) is 0. The summed E-state index contributed by atoms with van der Waals surface area (Å²) in [4.78, 5) is 4.89. The van der Waals surface area contributed by atoms with Crippen molar-refractivity contribution in [3.8, 4) is 0 Å². The monoisotopic (exact) mass is 249 g/mol. The van der Waals surface area contributed by atoms with Crippen LogP contribution in [0.4, 0.5) is 5.82 Å². The second-order valence-electron chi connectivity index (χ2n) is 6.54. The predicted molar refractivity (Wildman–Crippen MR) is 76.8 cm³/mol. The van der Waals surface area contributed by atoms with Crippen LogP contribution in [0.2, 0.25) is 0 Å². The minimum Gasteiger partial charge on any atom is -0.384 e. The van der Waals surface area contributed by atoms with Crippen molar-refractivity contribution >= 4 is 5.82 Å². The molecule has 0 saturated heterocycles. The van der Waals surface area contributed by atoms with Crippen molar-refractivity contribution < 1.29 is 0 Å². The molecular weight excluding hydrogens is 222 g/mol. The van der Waals surface area contributed by atoms with E-state index in [1.165, 1.54) is 37.2 Å². The fourth-order valence-electron chi connectivity index (χ4n) is 3.14. The van der Waals surface area contributed by atoms with Gasteiger partial charge in [-0.3, -0.25) is 0 Å². The first-order valence-electron chi connectivity index (χ1n) is 7.32. The maximum Gasteiger partial charge on any atom is 0.127 e. The molecule has 1 fully saturated rings. The Balaban J connectivity index is 2.43. The number of nitrogen functional groups attached to an aromatic ring is 1. The third kappa shape index (κ3) is 2.40. The van der Waals surface area contributed by atoms with Gasteiger partial charge in [-0.2, -0.15) is 0 Å². The molecule has 0 aliphatic heterocycles. The van der Waals surface area contributed by atoms with Crippen LogP contribution in [0.25, 0.3) is 0 Å². The van der Waals surface area contributed by atoms with E-state index in [0.29, 0.717) is 5.92 Å². The first kappa shape index (κ1) is 13.4. The smallest absolute Gasteiger partial charge is 0.127 e. The Bertz CT molecular complexity index is 406. The third-order valence-corrected chi connectivity index (χ3v) is 3.90. The van der Waals surface area contributed by atoms with Gasteiger partial charge in [0.05, 0.1) is 5.69 Å². The highest BCUT2D eigenvalue weighted by molar-refractivity contribution is 5.42. The fraction of sp³-hybridized carbons (Fsp3) is 0.800. The van der Waals surface area contributed by atoms with Gasteiger partial charge in [0, 0.05) is 17.9 Å². The largest absolute Gasteiger partial charge is 0.384 e. The van der Waals surface area contributed by atoms with Gasteiger partial charge in [0.25, 0.3) is 0 Å². The molecule has 1 heterocycles. The standard InChI is InChI=1S/C15H27N3/c1-5-8-12-17-13(11-9-6-7-10-11)14(16)18(12)15(2,3)4/h11H,5-10,16H2,1-4H3. The van der Waals surface area contributed by atoms with E-state index in [4.69, 9.17) is 10.7 Å². The van der Waals surface area contributed by atoms with E-state index < -0.39 is 0 Å². The van der Waals surface area contributed by atoms with Crippen LogP contribution >= 0.6 is 0 Å². The Morgan fingerprint density at radius 2 is 1.89 bits per heavy atom. The van der Waals surface area contributed by atoms with E-state index in [1.54, 1.807) is 0 Å². The van der Waals surface area contributed by atoms with Gasteiger partial charge >= 0.3 is 0 Å². The van der Waals surface area contributed by atoms with Crippen molar-refractivity contribution in [3.63, 3.8) is 0 Å². The molecule has 0 unspecified atom stereocenters. The first-order chi connectivity index (χ1) is 8.45. The molecule has 3 nitrogen and oxygen atoms in total. The summed E-state index contributed by atoms with van der Waals surface area (Å²) >= 11 is 0. The van der Waals surface area contributed by atoms with Crippen LogP contribution in [0.5, 0.6) is 0 Å². The van der Waals surface area contributed by atoms with E-state index in [-0.39, 0.29) is 5.54 Å². The predicted octanol–water partition coefficient (Wildman–Crippen LogP) is 3.83. The molecule has 1 aliphatic rings. The van der Waals surface area contributed by atoms with Crippen molar-refractivity contribution in [2.75, 3.05) is 5.73 Å². The highest BCUT2D eigenvalue weighted by Gasteiger charge is 2.28. The summed E-state index contributed by atoms with van der Waals surface area (Å²) in [5.74, 6) is 2.69. The fourth-order valence-corrected chi connectivity index (χ4v) is 3.14. The van der Waals surface area contributed by atoms with Crippen LogP contribution in [0, 0.1) is 0 Å². The molecular formula is C15H27N3. The van der Waals surface area contributed by atoms with Crippen LogP contribution in [0.1, 0.15) is 77.2 Å². The van der Waals surface area contributed by atoms with E-state index in [9.17, 15) is 0 Å². The van der Waals surface area contributed by atoms with Crippen LogP contribution in [-0.2, 0) is 12.0 Å². The van der Waals surface area contributed by atoms with Crippen LogP contribution in [-0.4, -0.2) is 9.55 Å². The molecule has 18 heavy (non-hydrogen) atoms. The summed E-state index contributed by atoms with van der Waals surface area (Å²) in [6, 6.07) is 0. The van der Waals surface area contributed by atoms with Gasteiger partial charge in [-0.15, -0.1) is 0 Å². The quantitative estimate of drug-likeness (QED) is 0.884. The van der Waals surface area contributed by atoms with Gasteiger partial charge in [-0.25, -0.2) is 4.98 Å². The zero-order valence-corrected chi connectivity index (χ0v) is 12.3. The number of aryl methyl sites for hydroxylation is 1. The third-order valence-electron chi connectivity index (χ3n) is 3.90. The minimum absolute atomic E-state index is 0.0262. The Labute approximate surface area is 111 Å². The molecule has 0 aromatic carbocycles. The Hall–Kier alpha value is -0.990. The molecule has 102 valence electrons. The number of nitrogens with two attached hydrogens (primary N) is 1. The molecule has 0 radical (unpaired) electrons. The second kappa shape index (κ2) is 4.94. The highest BCUT2D eigenvalue weighted by Crippen LogP contribution is 2.38. The zero-order valence-electron chi connectivity index (χ0n) is 12.3. The molecule has 1 aliphatic carbocycles. The number of anilines is 1. The van der Waals surface area contributed by atoms with Crippen molar-refractivity contribution in [3.05, 3.63) is 11.5 Å². The molecule has 2 N–H and O–H groups in total. The summed E-state index contributed by atoms with van der Waals surface area (Å²) in [6.45, 7) is 8.83. The first-order valence-corrected chi connectivity index (χ1v) is 7.32. The number of hydrogen-bond donors (Lipinski definition) is 1. The van der Waals surface area contributed by atoms with Gasteiger partial charge in [0.15, 0.2) is 0 Å². The molecule has 1 aromatic rings. The average molecular weight is 249 g/mol. The van der Waals surface area contributed by atoms with Crippen LogP contribution < -0.4 is 5.73 Å². The SMILES string of the molecule is CCCc1nc(C2CCCC2)c(N)n1C(C)(C)C. The molecule has 0 amide bonds. The molecule has 3 heteroatoms. The minimum atomic E-state index is 0.0262. The van der Waals surface area contributed by atoms with Gasteiger partial charge in [0.1, 0.15) is 11.6 Å². The van der Waals surface area contributed by atoms with E-state index in [1.807, 2.05) is 0 Å². The zero-order chi connectivity index (χ0) is 13.3. The van der Waals surface area contributed by atoms with Gasteiger partial charge in [-0.1, -0.05) is 19.8 Å². The lowest BCUT2D eigenvalue weighted by Gasteiger charge is -2.25. The Kier molecular flexibility index (Phi) is 3.69. The van der Waals surface area contributed by atoms with E-state index >= 15 is 0 Å². The van der Waals surface area contributed by atoms with Crippen molar-refractivity contribution in [1.29, 1.82) is 0 Å². The molecule has 1 aromatic heterocycles. The number of imidazole rings is 1. The Morgan fingerprint density at radius 1 is 1.28 bits per heavy atom. The molecule has 0 bridgehead atoms. The lowest BCUT2D eigenvalue weighted by atomic mass is 10.0. The molecule has 2 rings (SSSR count). The summed E-state index contributed by atoms with van der Waals surface area (Å²) in [6.07, 6.45) is 7.32. The van der Waals surface area contributed by atoms with Gasteiger partial charge in [-0.05, 0) is 40.0 Å². The number of rotatable bonds is 3. The van der Waals surface area contributed by atoms with Crippen molar-refractivity contribution in [2.24, 2.45) is 0 Å². The van der Waals surface area contributed by atoms with Gasteiger partial charge in [0.2, 0.25) is 0 Å². The highest BCUT2D eigenvalue weighted by atomic mass is 15.2. The average Bonchev–Trinajstić information content (AvgIpc) is 2.84. The van der Waals surface area contributed by atoms with E-state index in [2.05, 4.69) is 32.3 Å². The second-order valence-corrected chi connectivity index (χ2v) is 6.54. The molecule has 1 saturated carbocycles. The normalized spacial score (nSPS) is 17.6. The summed E-state index contributed by atoms with van der Waals surface area (Å²) in [5.41, 5.74) is 7.60. The topological polar surface area (TPSA) is 43.8 Å². The summed E-state index contributed by atoms with van der Waals surface area (Å²) in [5, 5.41) is 0. The maximum atomic E-state index is 6.40. The van der Waals surface area contributed by atoms with Crippen molar-refractivity contribution in [2.45, 2.75) is 77.7 Å². The molecule has 0 spiro atoms. The number of aromatic nitrogens is 2. The van der Waals surface area contributed by atoms with Gasteiger partial charge < -0.3 is 10.3 Å². The Morgan fingerprint density at radius 3 is 2.39 bits per heavy atom. The number of nitrogens with zero attached hydrogens (tertiary/aromatic N) is 2. The maximum absolute atomic E-state index is 6.40. The summed E-state index contributed by atoms with van der Waals surface area (Å²) < 4.78 is 2.25. The lowest BCUT2D eigenvalue weighted by Crippen LogP contribution is -2.25. The van der Waals surface area contributed by atoms with E-state index in [0.717, 1.165) is 18.7 Å². The van der Waals surface area contributed by atoms with Crippen LogP contribution in [0.15, 0.2) is 0 Å².